The van der Waals surface area contributed by atoms with Crippen molar-refractivity contribution in [2.45, 2.75) is 26.4 Å². The zero-order valence-electron chi connectivity index (χ0n) is 12.2. The fraction of sp³-hybridized carbons (Fsp3) is 0.235. The van der Waals surface area contributed by atoms with Crippen LogP contribution < -0.4 is 10.5 Å². The maximum Gasteiger partial charge on any atom is 0.198 e. The maximum atomic E-state index is 5.78. The molecule has 0 aliphatic heterocycles. The zero-order valence-corrected chi connectivity index (χ0v) is 12.2. The molecule has 4 heteroatoms. The quantitative estimate of drug-likeness (QED) is 0.731. The lowest BCUT2D eigenvalue weighted by Crippen LogP contribution is -1.95. The summed E-state index contributed by atoms with van der Waals surface area (Å²) in [5.41, 5.74) is 9.11. The van der Waals surface area contributed by atoms with Crippen molar-refractivity contribution in [2.75, 3.05) is 5.73 Å². The van der Waals surface area contributed by atoms with Gasteiger partial charge in [0.1, 0.15) is 17.9 Å². The smallest absolute Gasteiger partial charge is 0.198 e. The van der Waals surface area contributed by atoms with Gasteiger partial charge in [-0.2, -0.15) is 0 Å². The van der Waals surface area contributed by atoms with Gasteiger partial charge in [-0.1, -0.05) is 26.0 Å². The highest BCUT2D eigenvalue weighted by Crippen LogP contribution is 2.25. The number of nitrogens with two attached hydrogens (primary N) is 1. The summed E-state index contributed by atoms with van der Waals surface area (Å²) in [5.74, 6) is 1.79. The van der Waals surface area contributed by atoms with Crippen molar-refractivity contribution in [3.05, 3.63) is 53.9 Å². The summed E-state index contributed by atoms with van der Waals surface area (Å²) < 4.78 is 11.5. The maximum absolute atomic E-state index is 5.78. The molecule has 2 aromatic carbocycles. The number of anilines is 1. The monoisotopic (exact) mass is 282 g/mol. The standard InChI is InChI=1S/C17H18N2O2/c1-11(2)17-19-15-8-7-14(9-16(15)21-17)20-10-12-3-5-13(18)6-4-12/h3-9,11H,10,18H2,1-2H3. The van der Waals surface area contributed by atoms with Gasteiger partial charge in [0.2, 0.25) is 0 Å². The van der Waals surface area contributed by atoms with Crippen molar-refractivity contribution in [2.24, 2.45) is 0 Å². The molecule has 1 aromatic heterocycles. The molecule has 3 rings (SSSR count). The average molecular weight is 282 g/mol. The molecule has 0 aliphatic carbocycles. The number of nitrogen functional groups attached to an aromatic ring is 1. The van der Waals surface area contributed by atoms with Crippen molar-refractivity contribution < 1.29 is 9.15 Å². The molecule has 0 atom stereocenters. The second-order valence-corrected chi connectivity index (χ2v) is 5.37. The number of nitrogens with zero attached hydrogens (tertiary/aromatic N) is 1. The molecular formula is C17H18N2O2. The molecule has 1 heterocycles. The lowest BCUT2D eigenvalue weighted by atomic mass is 10.2. The van der Waals surface area contributed by atoms with Crippen LogP contribution in [0.2, 0.25) is 0 Å². The molecular weight excluding hydrogens is 264 g/mol. The third kappa shape index (κ3) is 2.99. The van der Waals surface area contributed by atoms with Gasteiger partial charge in [-0.05, 0) is 29.8 Å². The fourth-order valence-electron chi connectivity index (χ4n) is 2.04. The summed E-state index contributed by atoms with van der Waals surface area (Å²) in [7, 11) is 0. The van der Waals surface area contributed by atoms with Crippen LogP contribution in [0.4, 0.5) is 5.69 Å². The molecule has 0 spiro atoms. The minimum Gasteiger partial charge on any atom is -0.489 e. The molecule has 0 saturated carbocycles. The Balaban J connectivity index is 1.76. The van der Waals surface area contributed by atoms with E-state index in [2.05, 4.69) is 18.8 Å². The number of rotatable bonds is 4. The molecule has 21 heavy (non-hydrogen) atoms. The number of aromatic nitrogens is 1. The Hall–Kier alpha value is -2.49. The number of benzene rings is 2. The van der Waals surface area contributed by atoms with Gasteiger partial charge in [-0.15, -0.1) is 0 Å². The van der Waals surface area contributed by atoms with Crippen LogP contribution in [-0.4, -0.2) is 4.98 Å². The first-order valence-corrected chi connectivity index (χ1v) is 6.99. The fourth-order valence-corrected chi connectivity index (χ4v) is 2.04. The average Bonchev–Trinajstić information content (AvgIpc) is 2.90. The van der Waals surface area contributed by atoms with Crippen LogP contribution in [0.1, 0.15) is 31.2 Å². The minimum absolute atomic E-state index is 0.275. The molecule has 0 radical (unpaired) electrons. The first kappa shape index (κ1) is 13.5. The van der Waals surface area contributed by atoms with E-state index in [0.29, 0.717) is 6.61 Å². The summed E-state index contributed by atoms with van der Waals surface area (Å²) in [6, 6.07) is 13.4. The molecule has 0 unspecified atom stereocenters. The van der Waals surface area contributed by atoms with E-state index in [0.717, 1.165) is 34.0 Å². The zero-order chi connectivity index (χ0) is 14.8. The minimum atomic E-state index is 0.275. The summed E-state index contributed by atoms with van der Waals surface area (Å²) in [6.45, 7) is 4.61. The summed E-state index contributed by atoms with van der Waals surface area (Å²) >= 11 is 0. The van der Waals surface area contributed by atoms with Gasteiger partial charge in [0.15, 0.2) is 11.5 Å². The normalized spacial score (nSPS) is 11.2. The molecule has 108 valence electrons. The molecule has 2 N–H and O–H groups in total. The largest absolute Gasteiger partial charge is 0.489 e. The van der Waals surface area contributed by atoms with Crippen LogP contribution >= 0.6 is 0 Å². The second kappa shape index (κ2) is 5.48. The van der Waals surface area contributed by atoms with E-state index in [-0.39, 0.29) is 5.92 Å². The molecule has 3 aromatic rings. The molecule has 0 aliphatic rings. The summed E-state index contributed by atoms with van der Waals surface area (Å²) in [4.78, 5) is 4.45. The number of hydrogen-bond acceptors (Lipinski definition) is 4. The first-order valence-electron chi connectivity index (χ1n) is 6.99. The Morgan fingerprint density at radius 1 is 1.14 bits per heavy atom. The van der Waals surface area contributed by atoms with Crippen molar-refractivity contribution in [3.63, 3.8) is 0 Å². The number of hydrogen-bond donors (Lipinski definition) is 1. The topological polar surface area (TPSA) is 61.3 Å². The van der Waals surface area contributed by atoms with Crippen molar-refractivity contribution in [1.29, 1.82) is 0 Å². The summed E-state index contributed by atoms with van der Waals surface area (Å²) in [6.07, 6.45) is 0. The van der Waals surface area contributed by atoms with Gasteiger partial charge in [-0.3, -0.25) is 0 Å². The number of fused-ring (bicyclic) bond motifs is 1. The molecule has 4 nitrogen and oxygen atoms in total. The van der Waals surface area contributed by atoms with Gasteiger partial charge < -0.3 is 14.9 Å². The number of ether oxygens (including phenoxy) is 1. The van der Waals surface area contributed by atoms with Crippen LogP contribution in [-0.2, 0) is 6.61 Å². The van der Waals surface area contributed by atoms with E-state index in [9.17, 15) is 0 Å². The predicted octanol–water partition coefficient (Wildman–Crippen LogP) is 4.11. The van der Waals surface area contributed by atoms with Crippen LogP contribution in [0.25, 0.3) is 11.1 Å². The van der Waals surface area contributed by atoms with E-state index in [1.807, 2.05) is 42.5 Å². The van der Waals surface area contributed by atoms with Crippen molar-refractivity contribution in [3.8, 4) is 5.75 Å². The van der Waals surface area contributed by atoms with Crippen molar-refractivity contribution in [1.82, 2.24) is 4.98 Å². The highest BCUT2D eigenvalue weighted by Gasteiger charge is 2.10. The third-order valence-electron chi connectivity index (χ3n) is 3.26. The Morgan fingerprint density at radius 3 is 2.62 bits per heavy atom. The van der Waals surface area contributed by atoms with Gasteiger partial charge in [0.05, 0.1) is 0 Å². The van der Waals surface area contributed by atoms with E-state index in [1.165, 1.54) is 0 Å². The van der Waals surface area contributed by atoms with E-state index < -0.39 is 0 Å². The van der Waals surface area contributed by atoms with Crippen LogP contribution in [0.15, 0.2) is 46.9 Å². The molecule has 0 bridgehead atoms. The molecule has 0 amide bonds. The highest BCUT2D eigenvalue weighted by atomic mass is 16.5. The molecule has 0 fully saturated rings. The van der Waals surface area contributed by atoms with Crippen LogP contribution in [0.5, 0.6) is 5.75 Å². The van der Waals surface area contributed by atoms with Gasteiger partial charge in [-0.25, -0.2) is 4.98 Å². The first-order chi connectivity index (χ1) is 10.1. The summed E-state index contributed by atoms with van der Waals surface area (Å²) in [5, 5.41) is 0. The Kier molecular flexibility index (Phi) is 3.52. The third-order valence-corrected chi connectivity index (χ3v) is 3.26. The SMILES string of the molecule is CC(C)c1nc2ccc(OCc3ccc(N)cc3)cc2o1. The predicted molar refractivity (Wildman–Crippen MR) is 83.3 cm³/mol. The van der Waals surface area contributed by atoms with Gasteiger partial charge in [0, 0.05) is 17.7 Å². The Bertz CT molecular complexity index is 745. The lowest BCUT2D eigenvalue weighted by molar-refractivity contribution is 0.306. The van der Waals surface area contributed by atoms with Crippen LogP contribution in [0, 0.1) is 0 Å². The number of oxazole rings is 1. The van der Waals surface area contributed by atoms with E-state index in [1.54, 1.807) is 0 Å². The van der Waals surface area contributed by atoms with E-state index in [4.69, 9.17) is 14.9 Å². The van der Waals surface area contributed by atoms with Gasteiger partial charge >= 0.3 is 0 Å². The Morgan fingerprint density at radius 2 is 1.90 bits per heavy atom. The Labute approximate surface area is 123 Å². The van der Waals surface area contributed by atoms with Crippen LogP contribution in [0.3, 0.4) is 0 Å². The lowest BCUT2D eigenvalue weighted by Gasteiger charge is -2.06. The van der Waals surface area contributed by atoms with E-state index >= 15 is 0 Å². The van der Waals surface area contributed by atoms with Crippen molar-refractivity contribution >= 4 is 16.8 Å². The highest BCUT2D eigenvalue weighted by molar-refractivity contribution is 5.74. The second-order valence-electron chi connectivity index (χ2n) is 5.37. The molecule has 0 saturated heterocycles. The van der Waals surface area contributed by atoms with Gasteiger partial charge in [0.25, 0.3) is 0 Å².